The van der Waals surface area contributed by atoms with Gasteiger partial charge in [-0.25, -0.2) is 25.4 Å². The molecule has 0 saturated heterocycles. The molecule has 0 radical (unpaired) electrons. The molecule has 0 aliphatic heterocycles. The van der Waals surface area contributed by atoms with Crippen molar-refractivity contribution in [2.45, 2.75) is 67.2 Å². The summed E-state index contributed by atoms with van der Waals surface area (Å²) < 4.78 is 45.5. The first kappa shape index (κ1) is 47.9. The number of carbonyl (C=O) groups is 2. The van der Waals surface area contributed by atoms with E-state index in [1.54, 1.807) is 26.0 Å². The molecule has 58 heavy (non-hydrogen) atoms. The van der Waals surface area contributed by atoms with Gasteiger partial charge in [0.25, 0.3) is 0 Å². The van der Waals surface area contributed by atoms with Crippen LogP contribution in [0.5, 0.6) is 0 Å². The maximum Gasteiger partial charge on any atom is 0.211 e. The average Bonchev–Trinajstić information content (AvgIpc) is 3.21. The smallest absolute Gasteiger partial charge is 0.211 e. The number of para-hydroxylation sites is 2. The van der Waals surface area contributed by atoms with E-state index in [-0.39, 0.29) is 37.9 Å². The van der Waals surface area contributed by atoms with Crippen LogP contribution in [0.4, 0.5) is 22.7 Å². The zero-order valence-corrected chi connectivity index (χ0v) is 36.7. The Balaban J connectivity index is 0.000000371. The molecule has 0 fully saturated rings. The van der Waals surface area contributed by atoms with Crippen molar-refractivity contribution in [3.63, 3.8) is 0 Å². The summed E-state index contributed by atoms with van der Waals surface area (Å²) in [5, 5.41) is 24.0. The molecule has 14 heteroatoms. The van der Waals surface area contributed by atoms with Crippen molar-refractivity contribution in [3.8, 4) is 0 Å². The number of carbonyl (C=O) groups excluding carboxylic acids is 2. The number of ketones is 2. The fraction of sp³-hybridized carbons (Fsp3) is 0.409. The fourth-order valence-corrected chi connectivity index (χ4v) is 8.61. The van der Waals surface area contributed by atoms with Crippen LogP contribution in [0, 0.1) is 0 Å². The normalized spacial score (nSPS) is 12.3. The van der Waals surface area contributed by atoms with Crippen LogP contribution >= 0.6 is 0 Å². The van der Waals surface area contributed by atoms with Gasteiger partial charge in [-0.1, -0.05) is 102 Å². The number of hydrogen-bond acceptors (Lipinski definition) is 10. The second-order valence-electron chi connectivity index (χ2n) is 13.6. The third-order valence-corrected chi connectivity index (χ3v) is 12.7. The van der Waals surface area contributed by atoms with Crippen molar-refractivity contribution < 1.29 is 36.6 Å². The Morgan fingerprint density at radius 3 is 1.03 bits per heavy atom. The lowest BCUT2D eigenvalue weighted by atomic mass is 9.82. The number of aliphatic hydroxyl groups excluding tert-OH is 2. The Morgan fingerprint density at radius 2 is 0.810 bits per heavy atom. The second-order valence-corrected chi connectivity index (χ2v) is 17.6. The molecule has 1 aliphatic carbocycles. The van der Waals surface area contributed by atoms with Crippen molar-refractivity contribution in [1.82, 2.24) is 8.61 Å². The van der Waals surface area contributed by atoms with Gasteiger partial charge in [0.2, 0.25) is 20.0 Å². The summed E-state index contributed by atoms with van der Waals surface area (Å²) in [6, 6.07) is 23.6. The molecule has 4 N–H and O–H groups in total. The van der Waals surface area contributed by atoms with Crippen LogP contribution in [-0.2, 0) is 45.7 Å². The van der Waals surface area contributed by atoms with Gasteiger partial charge in [0.15, 0.2) is 11.6 Å². The van der Waals surface area contributed by atoms with E-state index >= 15 is 0 Å². The molecule has 5 rings (SSSR count). The summed E-state index contributed by atoms with van der Waals surface area (Å²) >= 11 is 0. The topological polar surface area (TPSA) is 173 Å². The van der Waals surface area contributed by atoms with Gasteiger partial charge >= 0.3 is 0 Å². The number of aliphatic hydroxyl groups is 2. The van der Waals surface area contributed by atoms with E-state index in [2.05, 4.69) is 74.7 Å². The molecule has 4 aromatic carbocycles. The van der Waals surface area contributed by atoms with Gasteiger partial charge in [0.1, 0.15) is 0 Å². The molecular formula is C44H60N4O8S2. The summed E-state index contributed by atoms with van der Waals surface area (Å²) in [6.45, 7) is 12.9. The molecule has 0 atom stereocenters. The molecule has 0 spiro atoms. The first-order chi connectivity index (χ1) is 27.6. The second kappa shape index (κ2) is 22.1. The lowest BCUT2D eigenvalue weighted by molar-refractivity contribution is 0.0980. The predicted octanol–water partition coefficient (Wildman–Crippen LogP) is 6.72. The van der Waals surface area contributed by atoms with E-state index in [1.165, 1.54) is 30.9 Å². The Morgan fingerprint density at radius 1 is 0.500 bits per heavy atom. The van der Waals surface area contributed by atoms with Gasteiger partial charge < -0.3 is 20.8 Å². The summed E-state index contributed by atoms with van der Waals surface area (Å²) in [6.07, 6.45) is 5.71. The first-order valence-electron chi connectivity index (χ1n) is 19.8. The van der Waals surface area contributed by atoms with Gasteiger partial charge in [0, 0.05) is 48.7 Å². The maximum atomic E-state index is 14.0. The number of nitrogens with one attached hydrogen (secondary N) is 2. The van der Waals surface area contributed by atoms with Gasteiger partial charge in [-0.3, -0.25) is 9.59 Å². The Bertz CT molecular complexity index is 2060. The lowest BCUT2D eigenvalue weighted by Gasteiger charge is -2.26. The quantitative estimate of drug-likeness (QED) is 0.0836. The maximum absolute atomic E-state index is 14.0. The Labute approximate surface area is 345 Å². The minimum atomic E-state index is -3.10. The minimum absolute atomic E-state index is 0.124. The van der Waals surface area contributed by atoms with Crippen LogP contribution < -0.4 is 10.6 Å². The number of likely N-dealkylation sites (N-methyl/N-ethyl adjacent to an activating group) is 2. The third-order valence-electron chi connectivity index (χ3n) is 9.94. The zero-order chi connectivity index (χ0) is 43.2. The number of nitrogens with zero attached hydrogens (tertiary/aromatic N) is 2. The van der Waals surface area contributed by atoms with E-state index in [4.69, 9.17) is 10.2 Å². The van der Waals surface area contributed by atoms with E-state index in [0.29, 0.717) is 46.7 Å². The fourth-order valence-electron chi connectivity index (χ4n) is 6.85. The highest BCUT2D eigenvalue weighted by molar-refractivity contribution is 7.88. The van der Waals surface area contributed by atoms with Crippen LogP contribution in [-0.4, -0.2) is 99.1 Å². The first-order valence-corrected chi connectivity index (χ1v) is 23.5. The predicted molar refractivity (Wildman–Crippen MR) is 235 cm³/mol. The third kappa shape index (κ3) is 11.8. The number of sulfonamides is 2. The van der Waals surface area contributed by atoms with E-state index in [9.17, 15) is 26.4 Å². The Kier molecular flexibility index (Phi) is 18.2. The van der Waals surface area contributed by atoms with Crippen molar-refractivity contribution in [2.75, 3.05) is 62.5 Å². The van der Waals surface area contributed by atoms with Gasteiger partial charge in [-0.15, -0.1) is 0 Å². The molecule has 4 aromatic rings. The number of benzene rings is 4. The standard InChI is InChI=1S/C34H34N2O2.2C5H13NO3S/c1-5-21-13-11-14-22(6-2)31(21)35-27-19-20-28(36-32-23(7-3)15-12-16-24(32)8-4)30-29(27)33(37)25-17-9-10-18-26(25)34(30)38;2*1-3-6(4-5-7)10(2,8)9/h9-20,35-36H,5-8H2,1-4H3;2*7H,3-5H2,1-2H3. The van der Waals surface area contributed by atoms with Crippen LogP contribution in [0.3, 0.4) is 0 Å². The lowest BCUT2D eigenvalue weighted by Crippen LogP contribution is -2.32. The SMILES string of the molecule is CCN(CCO)S(C)(=O)=O.CCN(CCO)S(C)(=O)=O.CCc1cccc(CC)c1Nc1ccc(Nc2c(CC)cccc2CC)c2c1C(=O)c1ccccc1C2=O. The number of aryl methyl sites for hydroxylation is 4. The van der Waals surface area contributed by atoms with Crippen molar-refractivity contribution in [1.29, 1.82) is 0 Å². The number of fused-ring (bicyclic) bond motifs is 2. The highest BCUT2D eigenvalue weighted by atomic mass is 32.2. The zero-order valence-electron chi connectivity index (χ0n) is 35.1. The molecule has 316 valence electrons. The molecular weight excluding hydrogens is 777 g/mol. The molecule has 0 amide bonds. The molecule has 1 aliphatic rings. The van der Waals surface area contributed by atoms with Crippen molar-refractivity contribution >= 4 is 54.4 Å². The van der Waals surface area contributed by atoms with E-state index < -0.39 is 20.0 Å². The van der Waals surface area contributed by atoms with Crippen LogP contribution in [0.15, 0.2) is 72.8 Å². The van der Waals surface area contributed by atoms with Crippen LogP contribution in [0.2, 0.25) is 0 Å². The number of hydrogen-bond donors (Lipinski definition) is 4. The summed E-state index contributed by atoms with van der Waals surface area (Å²) in [5.41, 5.74) is 9.84. The minimum Gasteiger partial charge on any atom is -0.395 e. The largest absolute Gasteiger partial charge is 0.395 e. The van der Waals surface area contributed by atoms with Gasteiger partial charge in [-0.2, -0.15) is 0 Å². The highest BCUT2D eigenvalue weighted by Crippen LogP contribution is 2.40. The Hall–Kier alpha value is -4.44. The molecule has 0 saturated carbocycles. The van der Waals surface area contributed by atoms with Crippen LogP contribution in [0.1, 0.15) is 95.6 Å². The van der Waals surface area contributed by atoms with Gasteiger partial charge in [-0.05, 0) is 60.1 Å². The van der Waals surface area contributed by atoms with E-state index in [0.717, 1.165) is 49.6 Å². The van der Waals surface area contributed by atoms with Crippen LogP contribution in [0.25, 0.3) is 0 Å². The molecule has 0 bridgehead atoms. The molecule has 0 aromatic heterocycles. The molecule has 0 unspecified atom stereocenters. The summed E-state index contributed by atoms with van der Waals surface area (Å²) in [4.78, 5) is 28.0. The summed E-state index contributed by atoms with van der Waals surface area (Å²) in [7, 11) is -6.21. The summed E-state index contributed by atoms with van der Waals surface area (Å²) in [5.74, 6) is -0.263. The van der Waals surface area contributed by atoms with Crippen molar-refractivity contribution in [2.24, 2.45) is 0 Å². The average molecular weight is 837 g/mol. The monoisotopic (exact) mass is 836 g/mol. The van der Waals surface area contributed by atoms with Gasteiger partial charge in [0.05, 0.1) is 48.2 Å². The molecule has 0 heterocycles. The molecule has 12 nitrogen and oxygen atoms in total. The number of anilines is 4. The number of rotatable bonds is 16. The van der Waals surface area contributed by atoms with Crippen molar-refractivity contribution in [3.05, 3.63) is 117 Å². The van der Waals surface area contributed by atoms with E-state index in [1.807, 2.05) is 24.3 Å². The highest BCUT2D eigenvalue weighted by Gasteiger charge is 2.34.